The fraction of sp³-hybridized carbons (Fsp3) is 0.323. The van der Waals surface area contributed by atoms with Gasteiger partial charge in [0.05, 0.1) is 5.69 Å². The van der Waals surface area contributed by atoms with Gasteiger partial charge in [-0.05, 0) is 85.3 Å². The number of sulfonamides is 1. The van der Waals surface area contributed by atoms with E-state index in [1.165, 1.54) is 5.56 Å². The van der Waals surface area contributed by atoms with E-state index in [-0.39, 0.29) is 23.1 Å². The first-order chi connectivity index (χ1) is 20.2. The predicted molar refractivity (Wildman–Crippen MR) is 154 cm³/mol. The minimum atomic E-state index is -3.78. The highest BCUT2D eigenvalue weighted by atomic mass is 32.2. The number of ether oxygens (including phenoxy) is 1. The molecule has 2 fully saturated rings. The van der Waals surface area contributed by atoms with Crippen molar-refractivity contribution in [1.29, 1.82) is 0 Å². The number of likely N-dealkylation sites (tertiary alicyclic amines) is 1. The molecule has 3 aromatic rings. The molecule has 11 heteroatoms. The van der Waals surface area contributed by atoms with Crippen LogP contribution in [-0.2, 0) is 32.7 Å². The first-order valence-corrected chi connectivity index (χ1v) is 15.7. The molecule has 2 N–H and O–H groups in total. The molecule has 0 radical (unpaired) electrons. The summed E-state index contributed by atoms with van der Waals surface area (Å²) >= 11 is 0. The average Bonchev–Trinajstić information content (AvgIpc) is 3.24. The van der Waals surface area contributed by atoms with Gasteiger partial charge in [-0.3, -0.25) is 29.3 Å². The van der Waals surface area contributed by atoms with Crippen LogP contribution in [0.4, 0.5) is 5.69 Å². The average molecular weight is 587 g/mol. The van der Waals surface area contributed by atoms with Gasteiger partial charge in [-0.2, -0.15) is 0 Å². The van der Waals surface area contributed by atoms with E-state index in [4.69, 9.17) is 4.74 Å². The van der Waals surface area contributed by atoms with Crippen LogP contribution >= 0.6 is 0 Å². The number of rotatable bonds is 4. The number of carbonyl (C=O) groups is 3. The van der Waals surface area contributed by atoms with Crippen LogP contribution in [0.2, 0.25) is 0 Å². The lowest BCUT2D eigenvalue weighted by Gasteiger charge is -2.32. The number of nitrogens with zero attached hydrogens (tertiary/aromatic N) is 2. The monoisotopic (exact) mass is 586 g/mol. The molecular weight excluding hydrogens is 556 g/mol. The Morgan fingerprint density at radius 1 is 0.905 bits per heavy atom. The third-order valence-corrected chi connectivity index (χ3v) is 10.0. The van der Waals surface area contributed by atoms with E-state index in [0.717, 1.165) is 37.1 Å². The standard InChI is InChI=1S/C31H30N4O6S/c36-29-10-8-25(30(37)32-29)35-18-22-16-21(6-7-23(22)31(35)38)20-11-13-34(14-12-20)17-19-5-9-27-28(15-19)42(39,40)33-24-3-1-2-4-26(24)41-27/h1-7,9,15-16,20,25,33H,8,10-14,17-18H2,(H,32,36,37). The summed E-state index contributed by atoms with van der Waals surface area (Å²) in [6.45, 7) is 2.71. The molecule has 3 aromatic carbocycles. The van der Waals surface area contributed by atoms with Gasteiger partial charge in [0.25, 0.3) is 15.9 Å². The number of imide groups is 1. The molecule has 0 bridgehead atoms. The summed E-state index contributed by atoms with van der Waals surface area (Å²) in [7, 11) is -3.78. The number of anilines is 1. The van der Waals surface area contributed by atoms with Crippen LogP contribution in [0, 0.1) is 0 Å². The second-order valence-electron chi connectivity index (χ2n) is 11.4. The van der Waals surface area contributed by atoms with Crippen LogP contribution in [0.5, 0.6) is 11.5 Å². The molecule has 3 amide bonds. The molecule has 0 spiro atoms. The van der Waals surface area contributed by atoms with Crippen LogP contribution in [0.15, 0.2) is 65.6 Å². The van der Waals surface area contributed by atoms with Gasteiger partial charge in [-0.1, -0.05) is 30.3 Å². The number of hydrogen-bond donors (Lipinski definition) is 2. The van der Waals surface area contributed by atoms with Crippen LogP contribution in [0.3, 0.4) is 0 Å². The van der Waals surface area contributed by atoms with E-state index in [0.29, 0.717) is 48.2 Å². The summed E-state index contributed by atoms with van der Waals surface area (Å²) in [6.07, 6.45) is 2.46. The van der Waals surface area contributed by atoms with Crippen molar-refractivity contribution in [1.82, 2.24) is 15.1 Å². The van der Waals surface area contributed by atoms with Crippen molar-refractivity contribution in [2.75, 3.05) is 17.8 Å². The quantitative estimate of drug-likeness (QED) is 0.447. The Morgan fingerprint density at radius 2 is 1.71 bits per heavy atom. The van der Waals surface area contributed by atoms with Gasteiger partial charge < -0.3 is 9.64 Å². The molecule has 216 valence electrons. The maximum atomic E-state index is 13.1. The zero-order valence-corrected chi connectivity index (χ0v) is 23.7. The number of carbonyl (C=O) groups excluding carboxylic acids is 3. The molecule has 7 rings (SSSR count). The molecule has 4 heterocycles. The number of amides is 3. The molecule has 4 aliphatic heterocycles. The molecule has 0 saturated carbocycles. The zero-order valence-electron chi connectivity index (χ0n) is 22.8. The molecule has 1 atom stereocenters. The smallest absolute Gasteiger partial charge is 0.265 e. The van der Waals surface area contributed by atoms with Gasteiger partial charge in [0.15, 0.2) is 5.75 Å². The van der Waals surface area contributed by atoms with Crippen LogP contribution in [0.25, 0.3) is 0 Å². The van der Waals surface area contributed by atoms with Crippen LogP contribution < -0.4 is 14.8 Å². The molecule has 0 aromatic heterocycles. The minimum absolute atomic E-state index is 0.130. The highest BCUT2D eigenvalue weighted by Crippen LogP contribution is 2.39. The minimum Gasteiger partial charge on any atom is -0.454 e. The van der Waals surface area contributed by atoms with Crippen LogP contribution in [-0.4, -0.2) is 55.1 Å². The SMILES string of the molecule is O=C1CCC(N2Cc3cc(C4CCN(Cc5ccc6c(c5)S(=O)(=O)Nc5ccccc5O6)CC4)ccc3C2=O)C(=O)N1. The van der Waals surface area contributed by atoms with Crippen molar-refractivity contribution in [2.24, 2.45) is 0 Å². The molecule has 2 saturated heterocycles. The molecular formula is C31H30N4O6S. The predicted octanol–water partition coefficient (Wildman–Crippen LogP) is 3.73. The molecule has 0 aliphatic carbocycles. The van der Waals surface area contributed by atoms with E-state index in [2.05, 4.69) is 21.0 Å². The van der Waals surface area contributed by atoms with Gasteiger partial charge in [0, 0.05) is 25.1 Å². The largest absolute Gasteiger partial charge is 0.454 e. The first-order valence-electron chi connectivity index (χ1n) is 14.2. The van der Waals surface area contributed by atoms with E-state index >= 15 is 0 Å². The first kappa shape index (κ1) is 26.7. The van der Waals surface area contributed by atoms with Crippen molar-refractivity contribution in [2.45, 2.75) is 55.6 Å². The van der Waals surface area contributed by atoms with Crippen molar-refractivity contribution in [3.05, 3.63) is 82.9 Å². The summed E-state index contributed by atoms with van der Waals surface area (Å²) in [5.74, 6) is 0.262. The summed E-state index contributed by atoms with van der Waals surface area (Å²) in [5, 5.41) is 2.35. The molecule has 42 heavy (non-hydrogen) atoms. The highest BCUT2D eigenvalue weighted by molar-refractivity contribution is 7.92. The third-order valence-electron chi connectivity index (χ3n) is 8.66. The Labute approximate surface area is 243 Å². The fourth-order valence-electron chi connectivity index (χ4n) is 6.43. The number of fused-ring (bicyclic) bond motifs is 3. The molecule has 4 aliphatic rings. The maximum absolute atomic E-state index is 13.1. The lowest BCUT2D eigenvalue weighted by atomic mass is 9.87. The summed E-state index contributed by atoms with van der Waals surface area (Å²) in [5.41, 5.74) is 4.05. The lowest BCUT2D eigenvalue weighted by molar-refractivity contribution is -0.136. The third kappa shape index (κ3) is 4.82. The van der Waals surface area contributed by atoms with Crippen molar-refractivity contribution < 1.29 is 27.5 Å². The molecule has 1 unspecified atom stereocenters. The summed E-state index contributed by atoms with van der Waals surface area (Å²) in [6, 6.07) is 17.7. The topological polar surface area (TPSA) is 125 Å². The number of para-hydroxylation sites is 2. The second kappa shape index (κ2) is 10.2. The van der Waals surface area contributed by atoms with Gasteiger partial charge in [-0.15, -0.1) is 0 Å². The normalized spacial score (nSPS) is 21.9. The summed E-state index contributed by atoms with van der Waals surface area (Å²) < 4.78 is 34.7. The number of nitrogens with one attached hydrogen (secondary N) is 2. The van der Waals surface area contributed by atoms with E-state index in [1.54, 1.807) is 41.3 Å². The Hall–Kier alpha value is -4.22. The number of piperidine rings is 2. The van der Waals surface area contributed by atoms with E-state index < -0.39 is 22.0 Å². The van der Waals surface area contributed by atoms with Gasteiger partial charge >= 0.3 is 0 Å². The fourth-order valence-corrected chi connectivity index (χ4v) is 7.68. The number of benzene rings is 3. The second-order valence-corrected chi connectivity index (χ2v) is 13.0. The number of hydrogen-bond acceptors (Lipinski definition) is 7. The van der Waals surface area contributed by atoms with Gasteiger partial charge in [-0.25, -0.2) is 8.42 Å². The Morgan fingerprint density at radius 3 is 2.52 bits per heavy atom. The summed E-state index contributed by atoms with van der Waals surface area (Å²) in [4.78, 5) is 41.0. The van der Waals surface area contributed by atoms with Gasteiger partial charge in [0.2, 0.25) is 11.8 Å². The van der Waals surface area contributed by atoms with Crippen molar-refractivity contribution in [3.8, 4) is 11.5 Å². The van der Waals surface area contributed by atoms with Crippen LogP contribution in [0.1, 0.15) is 58.6 Å². The van der Waals surface area contributed by atoms with Crippen molar-refractivity contribution in [3.63, 3.8) is 0 Å². The van der Waals surface area contributed by atoms with Gasteiger partial charge in [0.1, 0.15) is 16.7 Å². The molecule has 10 nitrogen and oxygen atoms in total. The Bertz CT molecular complexity index is 1730. The Kier molecular flexibility index (Phi) is 6.51. The Balaban J connectivity index is 1.00. The maximum Gasteiger partial charge on any atom is 0.265 e. The highest BCUT2D eigenvalue weighted by Gasteiger charge is 2.39. The van der Waals surface area contributed by atoms with Crippen molar-refractivity contribution >= 4 is 33.4 Å². The van der Waals surface area contributed by atoms with E-state index in [1.807, 2.05) is 18.2 Å². The zero-order chi connectivity index (χ0) is 29.0. The lowest BCUT2D eigenvalue weighted by Crippen LogP contribution is -2.52. The van der Waals surface area contributed by atoms with E-state index in [9.17, 15) is 22.8 Å².